The number of nitrogens with two attached hydrogens (primary N) is 1. The first kappa shape index (κ1) is 31.7. The highest BCUT2D eigenvalue weighted by atomic mass is 16.4. The molecule has 0 saturated carbocycles. The van der Waals surface area contributed by atoms with Crippen LogP contribution in [0.2, 0.25) is 0 Å². The average molecular weight is 606 g/mol. The Labute approximate surface area is 252 Å². The molecule has 0 aliphatic heterocycles. The van der Waals surface area contributed by atoms with Gasteiger partial charge in [-0.2, -0.15) is 0 Å². The molecule has 2 heterocycles. The third-order valence-electron chi connectivity index (χ3n) is 7.12. The number of phenolic OH excluding ortho intramolecular Hbond substituents is 1. The first-order chi connectivity index (χ1) is 21.0. The second-order valence-electron chi connectivity index (χ2n) is 10.5. The molecule has 0 fully saturated rings. The van der Waals surface area contributed by atoms with Crippen molar-refractivity contribution in [2.24, 2.45) is 5.73 Å². The quantitative estimate of drug-likeness (QED) is 0.0929. The van der Waals surface area contributed by atoms with Gasteiger partial charge in [0.25, 0.3) is 0 Å². The third-order valence-corrected chi connectivity index (χ3v) is 7.12. The predicted molar refractivity (Wildman–Crippen MR) is 159 cm³/mol. The predicted octanol–water partition coefficient (Wildman–Crippen LogP) is -0.128. The normalized spacial score (nSPS) is 14.6. The number of H-pyrrole nitrogens is 2. The number of fused-ring (bicyclic) bond motifs is 1. The number of aromatic nitrogens is 3. The zero-order valence-electron chi connectivity index (χ0n) is 23.9. The molecule has 44 heavy (non-hydrogen) atoms. The molecular formula is C30H35N7O7. The fraction of sp³-hybridized carbons (Fsp3) is 0.300. The summed E-state index contributed by atoms with van der Waals surface area (Å²) in [5, 5.41) is 38.0. The molecule has 0 saturated heterocycles. The van der Waals surface area contributed by atoms with Crippen LogP contribution in [0.15, 0.2) is 67.3 Å². The van der Waals surface area contributed by atoms with Gasteiger partial charge in [-0.3, -0.25) is 14.4 Å². The second kappa shape index (κ2) is 14.3. The molecule has 3 amide bonds. The van der Waals surface area contributed by atoms with Gasteiger partial charge < -0.3 is 47.0 Å². The van der Waals surface area contributed by atoms with Gasteiger partial charge >= 0.3 is 5.97 Å². The summed E-state index contributed by atoms with van der Waals surface area (Å²) in [5.41, 5.74) is 8.98. The van der Waals surface area contributed by atoms with E-state index in [4.69, 9.17) is 5.73 Å². The molecule has 0 spiro atoms. The Morgan fingerprint density at radius 1 is 0.886 bits per heavy atom. The van der Waals surface area contributed by atoms with Crippen molar-refractivity contribution in [3.63, 3.8) is 0 Å². The fourth-order valence-electron chi connectivity index (χ4n) is 4.72. The lowest BCUT2D eigenvalue weighted by atomic mass is 10.0. The SMILES string of the molecule is CC(O)C(NC(=O)C(Cc1ccc(O)cc1)NC(=O)C(N)Cc1c[nH]c2ccccc12)C(=O)NC(Cc1cnc[nH]1)C(=O)O. The van der Waals surface area contributed by atoms with E-state index in [1.807, 2.05) is 24.3 Å². The van der Waals surface area contributed by atoms with Crippen molar-refractivity contribution in [2.45, 2.75) is 56.5 Å². The number of benzene rings is 2. The van der Waals surface area contributed by atoms with Crippen molar-refractivity contribution >= 4 is 34.6 Å². The molecule has 2 aromatic heterocycles. The fourth-order valence-corrected chi connectivity index (χ4v) is 4.72. The molecule has 5 unspecified atom stereocenters. The number of imidazole rings is 1. The van der Waals surface area contributed by atoms with Crippen LogP contribution in [0.5, 0.6) is 5.75 Å². The maximum absolute atomic E-state index is 13.5. The van der Waals surface area contributed by atoms with E-state index in [-0.39, 0.29) is 25.0 Å². The van der Waals surface area contributed by atoms with Crippen LogP contribution in [-0.2, 0) is 38.4 Å². The van der Waals surface area contributed by atoms with Gasteiger partial charge in [-0.1, -0.05) is 30.3 Å². The number of amides is 3. The van der Waals surface area contributed by atoms with E-state index in [2.05, 4.69) is 30.9 Å². The number of aromatic hydroxyl groups is 1. The van der Waals surface area contributed by atoms with E-state index >= 15 is 0 Å². The number of carboxylic acids is 1. The molecule has 232 valence electrons. The maximum atomic E-state index is 13.5. The number of rotatable bonds is 14. The molecule has 5 atom stereocenters. The lowest BCUT2D eigenvalue weighted by Crippen LogP contribution is -2.60. The number of carbonyl (C=O) groups is 4. The lowest BCUT2D eigenvalue weighted by molar-refractivity contribution is -0.143. The number of hydrogen-bond donors (Lipinski definition) is 9. The Kier molecular flexibility index (Phi) is 10.3. The molecule has 4 rings (SSSR count). The van der Waals surface area contributed by atoms with Crippen molar-refractivity contribution in [2.75, 3.05) is 0 Å². The van der Waals surface area contributed by atoms with Gasteiger partial charge in [0, 0.05) is 41.8 Å². The van der Waals surface area contributed by atoms with Crippen molar-refractivity contribution in [1.82, 2.24) is 30.9 Å². The van der Waals surface area contributed by atoms with Gasteiger partial charge in [-0.15, -0.1) is 0 Å². The van der Waals surface area contributed by atoms with Crippen LogP contribution in [0.25, 0.3) is 10.9 Å². The van der Waals surface area contributed by atoms with E-state index in [9.17, 15) is 34.5 Å². The number of nitrogens with zero attached hydrogens (tertiary/aromatic N) is 1. The molecule has 14 nitrogen and oxygen atoms in total. The standard InChI is InChI=1S/C30H35N7O7/c1-16(38)26(29(42)36-25(30(43)44)12-19-14-32-15-34-19)37-28(41)24(10-17-6-8-20(39)9-7-17)35-27(40)22(31)11-18-13-33-23-5-3-2-4-21(18)23/h2-9,13-16,22,24-26,33,38-39H,10-12,31H2,1H3,(H,32,34)(H,35,40)(H,36,42)(H,37,41)(H,43,44). The van der Waals surface area contributed by atoms with E-state index in [0.717, 1.165) is 16.5 Å². The van der Waals surface area contributed by atoms with Crippen LogP contribution in [0.3, 0.4) is 0 Å². The van der Waals surface area contributed by atoms with E-state index in [1.165, 1.54) is 31.6 Å². The van der Waals surface area contributed by atoms with Crippen LogP contribution in [0.4, 0.5) is 0 Å². The molecule has 0 aliphatic carbocycles. The zero-order chi connectivity index (χ0) is 31.8. The first-order valence-electron chi connectivity index (χ1n) is 13.9. The number of aliphatic hydroxyl groups is 1. The van der Waals surface area contributed by atoms with E-state index in [1.54, 1.807) is 18.3 Å². The number of aliphatic hydroxyl groups excluding tert-OH is 1. The summed E-state index contributed by atoms with van der Waals surface area (Å²) >= 11 is 0. The molecule has 0 aliphatic rings. The van der Waals surface area contributed by atoms with Gasteiger partial charge in [0.1, 0.15) is 23.9 Å². The molecule has 10 N–H and O–H groups in total. The molecule has 0 radical (unpaired) electrons. The number of carbonyl (C=O) groups excluding carboxylic acids is 3. The second-order valence-corrected chi connectivity index (χ2v) is 10.5. The minimum absolute atomic E-state index is 0.00786. The number of aliphatic carboxylic acids is 1. The number of para-hydroxylation sites is 1. The number of aromatic amines is 2. The van der Waals surface area contributed by atoms with Crippen molar-refractivity contribution in [1.29, 1.82) is 0 Å². The monoisotopic (exact) mass is 605 g/mol. The number of carboxylic acid groups (broad SMARTS) is 1. The summed E-state index contributed by atoms with van der Waals surface area (Å²) in [5.74, 6) is -3.70. The number of phenols is 1. The highest BCUT2D eigenvalue weighted by Crippen LogP contribution is 2.19. The molecule has 2 aromatic carbocycles. The maximum Gasteiger partial charge on any atom is 0.326 e. The summed E-state index contributed by atoms with van der Waals surface area (Å²) in [4.78, 5) is 61.3. The van der Waals surface area contributed by atoms with Crippen molar-refractivity contribution in [3.8, 4) is 5.75 Å². The topological polar surface area (TPSA) is 236 Å². The van der Waals surface area contributed by atoms with Gasteiger partial charge in [0.2, 0.25) is 17.7 Å². The van der Waals surface area contributed by atoms with Gasteiger partial charge in [-0.25, -0.2) is 9.78 Å². The van der Waals surface area contributed by atoms with Gasteiger partial charge in [0.15, 0.2) is 0 Å². The highest BCUT2D eigenvalue weighted by Gasteiger charge is 2.33. The number of nitrogens with one attached hydrogen (secondary N) is 5. The number of hydrogen-bond acceptors (Lipinski definition) is 8. The molecule has 4 aromatic rings. The highest BCUT2D eigenvalue weighted by molar-refractivity contribution is 5.95. The summed E-state index contributed by atoms with van der Waals surface area (Å²) in [6.45, 7) is 1.26. The van der Waals surface area contributed by atoms with E-state index < -0.39 is 54.0 Å². The lowest BCUT2D eigenvalue weighted by Gasteiger charge is -2.26. The van der Waals surface area contributed by atoms with Crippen LogP contribution in [0.1, 0.15) is 23.7 Å². The smallest absolute Gasteiger partial charge is 0.326 e. The zero-order valence-corrected chi connectivity index (χ0v) is 23.9. The Bertz CT molecular complexity index is 1580. The third kappa shape index (κ3) is 8.20. The summed E-state index contributed by atoms with van der Waals surface area (Å²) in [6.07, 6.45) is 3.14. The Morgan fingerprint density at radius 2 is 1.59 bits per heavy atom. The van der Waals surface area contributed by atoms with E-state index in [0.29, 0.717) is 11.3 Å². The van der Waals surface area contributed by atoms with Crippen LogP contribution in [0, 0.1) is 0 Å². The van der Waals surface area contributed by atoms with Crippen LogP contribution >= 0.6 is 0 Å². The van der Waals surface area contributed by atoms with Gasteiger partial charge in [-0.05, 0) is 42.7 Å². The Morgan fingerprint density at radius 3 is 2.25 bits per heavy atom. The Hall–Kier alpha value is -5.21. The average Bonchev–Trinajstić information content (AvgIpc) is 3.66. The summed E-state index contributed by atoms with van der Waals surface area (Å²) < 4.78 is 0. The van der Waals surface area contributed by atoms with Crippen LogP contribution in [-0.4, -0.2) is 84.2 Å². The minimum Gasteiger partial charge on any atom is -0.508 e. The summed E-state index contributed by atoms with van der Waals surface area (Å²) in [6, 6.07) is 8.33. The molecular weight excluding hydrogens is 570 g/mol. The minimum atomic E-state index is -1.55. The summed E-state index contributed by atoms with van der Waals surface area (Å²) in [7, 11) is 0. The Balaban J connectivity index is 1.48. The largest absolute Gasteiger partial charge is 0.508 e. The molecule has 14 heteroatoms. The van der Waals surface area contributed by atoms with Gasteiger partial charge in [0.05, 0.1) is 18.5 Å². The van der Waals surface area contributed by atoms with Crippen molar-refractivity contribution < 1.29 is 34.5 Å². The van der Waals surface area contributed by atoms with Crippen LogP contribution < -0.4 is 21.7 Å². The molecule has 0 bridgehead atoms. The van der Waals surface area contributed by atoms with Crippen molar-refractivity contribution in [3.05, 3.63) is 84.1 Å². The first-order valence-corrected chi connectivity index (χ1v) is 13.9.